The quantitative estimate of drug-likeness (QED) is 0.132. The molecule has 0 amide bonds. The van der Waals surface area contributed by atoms with Crippen LogP contribution in [0.3, 0.4) is 0 Å². The highest BCUT2D eigenvalue weighted by Crippen LogP contribution is 2.45. The van der Waals surface area contributed by atoms with Gasteiger partial charge in [-0.15, -0.1) is 0 Å². The van der Waals surface area contributed by atoms with Crippen LogP contribution < -0.4 is 0 Å². The smallest absolute Gasteiger partial charge is 0.164 e. The number of hydrogen-bond acceptors (Lipinski definition) is 10. The molecule has 8 aromatic heterocycles. The molecule has 0 bridgehead atoms. The Balaban J connectivity index is 0.000000125. The van der Waals surface area contributed by atoms with E-state index in [1.54, 1.807) is 0 Å². The molecule has 14 nitrogen and oxygen atoms in total. The second kappa shape index (κ2) is 29.5. The van der Waals surface area contributed by atoms with Crippen molar-refractivity contribution in [2.75, 3.05) is 0 Å². The molecule has 0 aliphatic rings. The van der Waals surface area contributed by atoms with Crippen molar-refractivity contribution in [2.45, 2.75) is 0 Å². The number of aromatic nitrogens is 12. The average molecular weight is 1590 g/mol. The van der Waals surface area contributed by atoms with E-state index in [9.17, 15) is 0 Å². The molecule has 16 aromatic carbocycles. The Morgan fingerprint density at radius 1 is 0.235 bits per heavy atom. The van der Waals surface area contributed by atoms with Gasteiger partial charge in [0.25, 0.3) is 0 Å². The summed E-state index contributed by atoms with van der Waals surface area (Å²) in [5.41, 5.74) is 22.5. The van der Waals surface area contributed by atoms with Gasteiger partial charge in [-0.25, -0.2) is 39.9 Å². The van der Waals surface area contributed by atoms with Crippen molar-refractivity contribution < 1.29 is 8.83 Å². The van der Waals surface area contributed by atoms with Gasteiger partial charge >= 0.3 is 0 Å². The van der Waals surface area contributed by atoms with Gasteiger partial charge in [0.05, 0.1) is 44.1 Å². The first kappa shape index (κ1) is 69.8. The second-order valence-corrected chi connectivity index (χ2v) is 30.1. The van der Waals surface area contributed by atoms with Gasteiger partial charge in [-0.1, -0.05) is 271 Å². The Bertz CT molecular complexity index is 7820. The molecule has 0 aliphatic heterocycles. The molecule has 119 heavy (non-hydrogen) atoms. The van der Waals surface area contributed by atoms with Gasteiger partial charge < -0.3 is 23.0 Å². The minimum Gasteiger partial charge on any atom is -0.454 e. The van der Waals surface area contributed by atoms with Gasteiger partial charge in [-0.05, 0) is 133 Å². The topological polar surface area (TPSA) is 160 Å². The number of rotatable bonds is 11. The van der Waals surface area contributed by atoms with Crippen LogP contribution in [0, 0.1) is 0 Å². The number of benzene rings is 16. The van der Waals surface area contributed by atoms with Crippen LogP contribution in [0.1, 0.15) is 0 Å². The van der Waals surface area contributed by atoms with Gasteiger partial charge in [-0.3, -0.25) is 4.57 Å². The molecule has 0 unspecified atom stereocenters. The highest BCUT2D eigenvalue weighted by molar-refractivity contribution is 9.10. The van der Waals surface area contributed by atoms with Crippen LogP contribution in [-0.4, -0.2) is 58.6 Å². The van der Waals surface area contributed by atoms with E-state index in [2.05, 4.69) is 222 Å². The lowest BCUT2D eigenvalue weighted by Crippen LogP contribution is -2.00. The van der Waals surface area contributed by atoms with E-state index >= 15 is 0 Å². The van der Waals surface area contributed by atoms with Gasteiger partial charge in [0, 0.05) is 109 Å². The molecule has 0 saturated heterocycles. The summed E-state index contributed by atoms with van der Waals surface area (Å²) in [5, 5.41) is 8.58. The van der Waals surface area contributed by atoms with Crippen molar-refractivity contribution in [3.05, 3.63) is 393 Å². The minimum absolute atomic E-state index is 0.600. The molecule has 0 radical (unpaired) electrons. The summed E-state index contributed by atoms with van der Waals surface area (Å²) in [6.07, 6.45) is 0. The molecule has 15 heteroatoms. The zero-order chi connectivity index (χ0) is 78.9. The van der Waals surface area contributed by atoms with Crippen molar-refractivity contribution >= 4 is 125 Å². The van der Waals surface area contributed by atoms with E-state index < -0.39 is 0 Å². The van der Waals surface area contributed by atoms with E-state index in [1.807, 2.05) is 206 Å². The lowest BCUT2D eigenvalue weighted by Gasteiger charge is -2.11. The number of nitrogens with zero attached hydrogens (tertiary/aromatic N) is 11. The number of H-pyrrole nitrogens is 1. The number of halogens is 1. The highest BCUT2D eigenvalue weighted by Gasteiger charge is 2.25. The second-order valence-electron chi connectivity index (χ2n) is 29.2. The molecule has 0 spiro atoms. The van der Waals surface area contributed by atoms with Crippen LogP contribution in [0.15, 0.2) is 402 Å². The van der Waals surface area contributed by atoms with Crippen molar-refractivity contribution in [2.24, 2.45) is 0 Å². The fraction of sp³-hybridized carbons (Fsp3) is 0. The maximum absolute atomic E-state index is 6.88. The third kappa shape index (κ3) is 12.7. The van der Waals surface area contributed by atoms with E-state index in [-0.39, 0.29) is 0 Å². The van der Waals surface area contributed by atoms with E-state index in [4.69, 9.17) is 43.7 Å². The maximum Gasteiger partial charge on any atom is 0.164 e. The first-order valence-corrected chi connectivity index (χ1v) is 40.1. The predicted octanol–water partition coefficient (Wildman–Crippen LogP) is 26.7. The number of aromatic amines is 1. The van der Waals surface area contributed by atoms with Crippen molar-refractivity contribution in [1.29, 1.82) is 0 Å². The Kier molecular flexibility index (Phi) is 17.3. The monoisotopic (exact) mass is 1590 g/mol. The van der Waals surface area contributed by atoms with Crippen LogP contribution in [0.4, 0.5) is 0 Å². The van der Waals surface area contributed by atoms with Crippen molar-refractivity contribution in [3.8, 4) is 108 Å². The number of imidazole rings is 2. The number of furan rings is 2. The number of para-hydroxylation sites is 6. The largest absolute Gasteiger partial charge is 0.454 e. The Hall–Kier alpha value is -15.8. The van der Waals surface area contributed by atoms with E-state index in [0.29, 0.717) is 34.9 Å². The molecule has 24 aromatic rings. The summed E-state index contributed by atoms with van der Waals surface area (Å²) in [7, 11) is 0. The SMILES string of the molecule is Brc1ccc2c(c1)c1ccc3c4cc(-c5nc(-c6ccccc6)nc(-c6ccccc6)n5)ccc4oc3c1n2-c1ccccc1.c1ccc(-c2nc(-c3ccccc3)nc(-c3ccc4oc5c(ccc6c7cc(-n8c(-c9ccccc9)nc9ccccc98)ccc7n(-c7ccccc7)c65)c4c3)n2)cc1.c1ccc(-c2nc3ccccc3[nH]2)cc1. The summed E-state index contributed by atoms with van der Waals surface area (Å²) < 4.78 is 21.5. The number of hydrogen-bond donors (Lipinski definition) is 1. The zero-order valence-corrected chi connectivity index (χ0v) is 65.2. The Morgan fingerprint density at radius 2 is 0.613 bits per heavy atom. The van der Waals surface area contributed by atoms with Gasteiger partial charge in [0.15, 0.2) is 46.1 Å². The number of nitrogens with one attached hydrogen (secondary N) is 1. The first-order valence-electron chi connectivity index (χ1n) is 39.3. The van der Waals surface area contributed by atoms with Gasteiger partial charge in [-0.2, -0.15) is 0 Å². The predicted molar refractivity (Wildman–Crippen MR) is 485 cm³/mol. The standard InChI is InChI=1S/C52H32N6O.C39H23BrN4O.C13H10N2/c1-5-15-33(16-6-1)49-54-50(34-17-7-2-8-18-34)56-51(55-49)36-25-30-46-42(31-36)40-28-27-39-41-32-38(26-29-44(41)57(47(39)48(40)59-46)37-21-11-4-12-22-37)58-45-24-14-13-23-43(45)53-52(58)35-19-9-3-10-20-35;40-27-17-20-33-31(23-27)29-18-19-30-32-22-26(16-21-34(32)45-36(30)35(29)44(33)28-14-8-3-9-15-28)39-42-37(24-10-4-1-5-11-24)41-38(43-39)25-12-6-2-7-13-25;1-2-6-10(7-3-1)13-14-11-8-4-5-9-12(11)15-13/h1-32H;1-23H;1-9H,(H,14,15). The van der Waals surface area contributed by atoms with Crippen LogP contribution in [0.5, 0.6) is 0 Å². The molecule has 0 saturated carbocycles. The normalized spacial score (nSPS) is 11.6. The molecular weight excluding hydrogens is 1530 g/mol. The molecular formula is C104H65BrN12O2. The van der Waals surface area contributed by atoms with E-state index in [0.717, 1.165) is 182 Å². The first-order chi connectivity index (χ1) is 58.9. The summed E-state index contributed by atoms with van der Waals surface area (Å²) in [5.74, 6) is 5.56. The Morgan fingerprint density at radius 3 is 1.08 bits per heavy atom. The van der Waals surface area contributed by atoms with Crippen LogP contribution in [0.25, 0.3) is 218 Å². The molecule has 8 heterocycles. The molecule has 560 valence electrons. The zero-order valence-electron chi connectivity index (χ0n) is 63.6. The molecule has 0 aliphatic carbocycles. The fourth-order valence-corrected chi connectivity index (χ4v) is 16.7. The van der Waals surface area contributed by atoms with Crippen LogP contribution in [0.2, 0.25) is 0 Å². The summed E-state index contributed by atoms with van der Waals surface area (Å²) in [4.78, 5) is 42.6. The van der Waals surface area contributed by atoms with E-state index in [1.165, 1.54) is 5.39 Å². The average Bonchev–Trinajstić information content (AvgIpc) is 1.56. The van der Waals surface area contributed by atoms with Gasteiger partial charge in [0.1, 0.15) is 22.8 Å². The lowest BCUT2D eigenvalue weighted by atomic mass is 10.1. The highest BCUT2D eigenvalue weighted by atomic mass is 79.9. The van der Waals surface area contributed by atoms with Crippen molar-refractivity contribution in [3.63, 3.8) is 0 Å². The fourth-order valence-electron chi connectivity index (χ4n) is 16.4. The van der Waals surface area contributed by atoms with Crippen LogP contribution >= 0.6 is 15.9 Å². The molecule has 24 rings (SSSR count). The summed E-state index contributed by atoms with van der Waals surface area (Å²) in [6, 6.07) is 132. The molecule has 0 atom stereocenters. The summed E-state index contributed by atoms with van der Waals surface area (Å²) >= 11 is 3.68. The minimum atomic E-state index is 0.600. The third-order valence-corrected chi connectivity index (χ3v) is 22.4. The van der Waals surface area contributed by atoms with Gasteiger partial charge in [0.2, 0.25) is 0 Å². The molecule has 1 N–H and O–H groups in total. The van der Waals surface area contributed by atoms with Crippen molar-refractivity contribution in [1.82, 2.24) is 58.6 Å². The number of fused-ring (bicyclic) bond motifs is 16. The van der Waals surface area contributed by atoms with Crippen LogP contribution in [-0.2, 0) is 0 Å². The summed E-state index contributed by atoms with van der Waals surface area (Å²) in [6.45, 7) is 0. The lowest BCUT2D eigenvalue weighted by molar-refractivity contribution is 0.670. The Labute approximate surface area is 689 Å². The third-order valence-electron chi connectivity index (χ3n) is 21.9. The maximum atomic E-state index is 6.88. The molecule has 0 fully saturated rings.